The Labute approximate surface area is 119 Å². The highest BCUT2D eigenvalue weighted by atomic mass is 16.1. The smallest absolute Gasteiger partial charge is 0.251 e. The molecule has 0 bridgehead atoms. The van der Waals surface area contributed by atoms with E-state index in [1.165, 1.54) is 5.56 Å². The van der Waals surface area contributed by atoms with Crippen molar-refractivity contribution in [2.75, 3.05) is 6.54 Å². The van der Waals surface area contributed by atoms with Crippen LogP contribution in [0.2, 0.25) is 0 Å². The maximum atomic E-state index is 12.0. The first kappa shape index (κ1) is 14.3. The van der Waals surface area contributed by atoms with Gasteiger partial charge in [-0.3, -0.25) is 9.48 Å². The highest BCUT2D eigenvalue weighted by molar-refractivity contribution is 5.94. The van der Waals surface area contributed by atoms with Gasteiger partial charge in [0.1, 0.15) is 0 Å². The number of hydrogen-bond donors (Lipinski definition) is 1. The van der Waals surface area contributed by atoms with Gasteiger partial charge in [-0.25, -0.2) is 0 Å². The largest absolute Gasteiger partial charge is 0.350 e. The molecule has 0 aliphatic rings. The lowest BCUT2D eigenvalue weighted by Crippen LogP contribution is -2.27. The molecule has 0 saturated carbocycles. The van der Waals surface area contributed by atoms with E-state index in [2.05, 4.69) is 31.2 Å². The molecule has 0 aliphatic carbocycles. The zero-order valence-electron chi connectivity index (χ0n) is 12.3. The summed E-state index contributed by atoms with van der Waals surface area (Å²) in [6, 6.07) is 9.66. The predicted molar refractivity (Wildman–Crippen MR) is 79.7 cm³/mol. The van der Waals surface area contributed by atoms with Crippen molar-refractivity contribution >= 4 is 5.91 Å². The quantitative estimate of drug-likeness (QED) is 0.929. The lowest BCUT2D eigenvalue weighted by Gasteiger charge is -2.19. The van der Waals surface area contributed by atoms with Crippen LogP contribution in [0.15, 0.2) is 42.7 Å². The molecule has 1 heterocycles. The van der Waals surface area contributed by atoms with Crippen molar-refractivity contribution in [2.24, 2.45) is 0 Å². The van der Waals surface area contributed by atoms with Gasteiger partial charge < -0.3 is 5.32 Å². The molecule has 20 heavy (non-hydrogen) atoms. The maximum absolute atomic E-state index is 12.0. The number of hydrogen-bond acceptors (Lipinski definition) is 2. The van der Waals surface area contributed by atoms with E-state index in [0.717, 1.165) is 0 Å². The van der Waals surface area contributed by atoms with Crippen LogP contribution in [0.3, 0.4) is 0 Å². The predicted octanol–water partition coefficient (Wildman–Crippen LogP) is 2.61. The number of amides is 1. The number of carbonyl (C=O) groups excluding carboxylic acids is 1. The summed E-state index contributed by atoms with van der Waals surface area (Å²) in [5.41, 5.74) is 2.03. The fourth-order valence-electron chi connectivity index (χ4n) is 1.94. The molecule has 0 radical (unpaired) electrons. The first-order chi connectivity index (χ1) is 9.47. The van der Waals surface area contributed by atoms with Crippen LogP contribution in [0.25, 0.3) is 0 Å². The van der Waals surface area contributed by atoms with Gasteiger partial charge in [0.2, 0.25) is 0 Å². The average molecular weight is 271 g/mol. The number of carbonyl (C=O) groups is 1. The third kappa shape index (κ3) is 3.70. The van der Waals surface area contributed by atoms with E-state index in [4.69, 9.17) is 0 Å². The van der Waals surface area contributed by atoms with Crippen LogP contribution in [-0.2, 0) is 12.0 Å². The summed E-state index contributed by atoms with van der Waals surface area (Å²) < 4.78 is 1.79. The molecule has 1 N–H and O–H groups in total. The van der Waals surface area contributed by atoms with Gasteiger partial charge in [0.15, 0.2) is 0 Å². The second-order valence-corrected chi connectivity index (χ2v) is 5.85. The van der Waals surface area contributed by atoms with Crippen LogP contribution in [0.1, 0.15) is 36.7 Å². The highest BCUT2D eigenvalue weighted by Crippen LogP contribution is 2.22. The SMILES string of the molecule is CC(C)(C)c1ccc(C(=O)NCCn2cccn2)cc1. The monoisotopic (exact) mass is 271 g/mol. The number of rotatable bonds is 4. The summed E-state index contributed by atoms with van der Waals surface area (Å²) in [6.45, 7) is 7.73. The van der Waals surface area contributed by atoms with Crippen LogP contribution in [-0.4, -0.2) is 22.2 Å². The number of nitrogens with one attached hydrogen (secondary N) is 1. The van der Waals surface area contributed by atoms with Gasteiger partial charge >= 0.3 is 0 Å². The molecular formula is C16H21N3O. The Morgan fingerprint density at radius 1 is 1.25 bits per heavy atom. The fourth-order valence-corrected chi connectivity index (χ4v) is 1.94. The second-order valence-electron chi connectivity index (χ2n) is 5.85. The second kappa shape index (κ2) is 5.90. The third-order valence-electron chi connectivity index (χ3n) is 3.20. The summed E-state index contributed by atoms with van der Waals surface area (Å²) in [4.78, 5) is 12.0. The van der Waals surface area contributed by atoms with Crippen LogP contribution >= 0.6 is 0 Å². The molecule has 4 heteroatoms. The average Bonchev–Trinajstić information content (AvgIpc) is 2.91. The molecule has 106 valence electrons. The molecule has 0 spiro atoms. The van der Waals surface area contributed by atoms with Crippen molar-refractivity contribution in [3.8, 4) is 0 Å². The number of nitrogens with zero attached hydrogens (tertiary/aromatic N) is 2. The minimum Gasteiger partial charge on any atom is -0.350 e. The van der Waals surface area contributed by atoms with Gasteiger partial charge in [0, 0.05) is 24.5 Å². The summed E-state index contributed by atoms with van der Waals surface area (Å²) in [5.74, 6) is -0.0439. The summed E-state index contributed by atoms with van der Waals surface area (Å²) in [6.07, 6.45) is 3.61. The van der Waals surface area contributed by atoms with Crippen molar-refractivity contribution < 1.29 is 4.79 Å². The number of aromatic nitrogens is 2. The molecule has 4 nitrogen and oxygen atoms in total. The molecule has 0 atom stereocenters. The zero-order valence-corrected chi connectivity index (χ0v) is 12.3. The van der Waals surface area contributed by atoms with E-state index in [-0.39, 0.29) is 11.3 Å². The molecule has 2 rings (SSSR count). The Balaban J connectivity index is 1.89. The minimum atomic E-state index is -0.0439. The van der Waals surface area contributed by atoms with Crippen molar-refractivity contribution in [1.82, 2.24) is 15.1 Å². The van der Waals surface area contributed by atoms with E-state index in [9.17, 15) is 4.79 Å². The Hall–Kier alpha value is -2.10. The summed E-state index contributed by atoms with van der Waals surface area (Å²) in [7, 11) is 0. The normalized spacial score (nSPS) is 11.3. The highest BCUT2D eigenvalue weighted by Gasteiger charge is 2.14. The minimum absolute atomic E-state index is 0.0439. The first-order valence-electron chi connectivity index (χ1n) is 6.83. The summed E-state index contributed by atoms with van der Waals surface area (Å²) in [5, 5.41) is 6.99. The fraction of sp³-hybridized carbons (Fsp3) is 0.375. The van der Waals surface area contributed by atoms with E-state index >= 15 is 0 Å². The van der Waals surface area contributed by atoms with Gasteiger partial charge in [-0.1, -0.05) is 32.9 Å². The van der Waals surface area contributed by atoms with E-state index in [1.54, 1.807) is 10.9 Å². The molecule has 1 aromatic heterocycles. The Bertz CT molecular complexity index is 550. The number of benzene rings is 1. The van der Waals surface area contributed by atoms with Crippen molar-refractivity contribution in [2.45, 2.75) is 32.7 Å². The molecule has 0 unspecified atom stereocenters. The van der Waals surface area contributed by atoms with Crippen LogP contribution in [0, 0.1) is 0 Å². The molecule has 0 fully saturated rings. The van der Waals surface area contributed by atoms with Crippen molar-refractivity contribution in [3.63, 3.8) is 0 Å². The first-order valence-corrected chi connectivity index (χ1v) is 6.83. The maximum Gasteiger partial charge on any atom is 0.251 e. The topological polar surface area (TPSA) is 46.9 Å². The van der Waals surface area contributed by atoms with Crippen molar-refractivity contribution in [1.29, 1.82) is 0 Å². The Morgan fingerprint density at radius 2 is 1.95 bits per heavy atom. The van der Waals surface area contributed by atoms with Gasteiger partial charge in [-0.2, -0.15) is 5.10 Å². The molecule has 0 aliphatic heterocycles. The lowest BCUT2D eigenvalue weighted by atomic mass is 9.87. The third-order valence-corrected chi connectivity index (χ3v) is 3.20. The van der Waals surface area contributed by atoms with Gasteiger partial charge in [-0.15, -0.1) is 0 Å². The molecular weight excluding hydrogens is 250 g/mol. The molecule has 2 aromatic rings. The standard InChI is InChI=1S/C16H21N3O/c1-16(2,3)14-7-5-13(6-8-14)15(20)17-10-12-19-11-4-9-18-19/h4-9,11H,10,12H2,1-3H3,(H,17,20). The van der Waals surface area contributed by atoms with Gasteiger partial charge in [-0.05, 0) is 29.2 Å². The molecule has 0 saturated heterocycles. The van der Waals surface area contributed by atoms with Crippen molar-refractivity contribution in [3.05, 3.63) is 53.9 Å². The Morgan fingerprint density at radius 3 is 2.50 bits per heavy atom. The van der Waals surface area contributed by atoms with E-state index in [0.29, 0.717) is 18.7 Å². The Kier molecular flexibility index (Phi) is 4.23. The van der Waals surface area contributed by atoms with Gasteiger partial charge in [0.05, 0.1) is 6.54 Å². The molecule has 1 aromatic carbocycles. The molecule has 1 amide bonds. The zero-order chi connectivity index (χ0) is 14.6. The van der Waals surface area contributed by atoms with E-state index < -0.39 is 0 Å². The van der Waals surface area contributed by atoms with Gasteiger partial charge in [0.25, 0.3) is 5.91 Å². The van der Waals surface area contributed by atoms with Crippen LogP contribution in [0.5, 0.6) is 0 Å². The lowest BCUT2D eigenvalue weighted by molar-refractivity contribution is 0.0952. The van der Waals surface area contributed by atoms with Crippen LogP contribution in [0.4, 0.5) is 0 Å². The van der Waals surface area contributed by atoms with Crippen LogP contribution < -0.4 is 5.32 Å². The van der Waals surface area contributed by atoms with E-state index in [1.807, 2.05) is 36.5 Å². The summed E-state index contributed by atoms with van der Waals surface area (Å²) >= 11 is 0.